The van der Waals surface area contributed by atoms with Gasteiger partial charge in [-0.05, 0) is 57.2 Å². The molecule has 8 heteroatoms. The molecule has 0 atom stereocenters. The smallest absolute Gasteiger partial charge is 0.305 e. The minimum absolute atomic E-state index is 0.0971. The highest BCUT2D eigenvalue weighted by atomic mass is 32.2. The van der Waals surface area contributed by atoms with Crippen LogP contribution in [0.25, 0.3) is 0 Å². The van der Waals surface area contributed by atoms with Gasteiger partial charge in [-0.25, -0.2) is 13.1 Å². The van der Waals surface area contributed by atoms with Crippen LogP contribution in [0.4, 0.5) is 5.69 Å². The summed E-state index contributed by atoms with van der Waals surface area (Å²) in [6.07, 6.45) is 3.44. The van der Waals surface area contributed by atoms with Gasteiger partial charge in [0.25, 0.3) is 0 Å². The Hall–Kier alpha value is -1.93. The Morgan fingerprint density at radius 3 is 2.30 bits per heavy atom. The van der Waals surface area contributed by atoms with Crippen LogP contribution in [-0.2, 0) is 30.8 Å². The monoisotopic (exact) mass is 398 g/mol. The molecule has 7 nitrogen and oxygen atoms in total. The summed E-state index contributed by atoms with van der Waals surface area (Å²) in [5.74, 6) is -0.309. The molecule has 0 bridgehead atoms. The second-order valence-electron chi connectivity index (χ2n) is 6.62. The summed E-state index contributed by atoms with van der Waals surface area (Å²) >= 11 is 0. The standard InChI is InChI=1S/C19H30N2O5S/c1-15(2)27(24,25)20-14-5-4-8-18(22)21-17-12-10-16(11-13-17)7-6-9-19(23)26-3/h10-13,15,20H,4-9,14H2,1-3H3,(H,21,22). The van der Waals surface area contributed by atoms with Crippen molar-refractivity contribution < 1.29 is 22.7 Å². The van der Waals surface area contributed by atoms with Gasteiger partial charge < -0.3 is 10.1 Å². The summed E-state index contributed by atoms with van der Waals surface area (Å²) in [5, 5.41) is 2.37. The zero-order chi connectivity index (χ0) is 20.3. The minimum atomic E-state index is -3.24. The van der Waals surface area contributed by atoms with E-state index in [1.807, 2.05) is 24.3 Å². The van der Waals surface area contributed by atoms with Gasteiger partial charge >= 0.3 is 5.97 Å². The van der Waals surface area contributed by atoms with Gasteiger partial charge in [-0.15, -0.1) is 0 Å². The van der Waals surface area contributed by atoms with Crippen LogP contribution in [-0.4, -0.2) is 39.2 Å². The molecule has 0 aliphatic rings. The highest BCUT2D eigenvalue weighted by molar-refractivity contribution is 7.90. The number of unbranched alkanes of at least 4 members (excludes halogenated alkanes) is 1. The number of aryl methyl sites for hydroxylation is 1. The number of hydrogen-bond donors (Lipinski definition) is 2. The van der Waals surface area contributed by atoms with Crippen molar-refractivity contribution in [1.29, 1.82) is 0 Å². The molecule has 0 fully saturated rings. The van der Waals surface area contributed by atoms with E-state index in [0.29, 0.717) is 32.2 Å². The number of rotatable bonds is 12. The maximum Gasteiger partial charge on any atom is 0.305 e. The quantitative estimate of drug-likeness (QED) is 0.416. The fourth-order valence-electron chi connectivity index (χ4n) is 2.31. The van der Waals surface area contributed by atoms with Gasteiger partial charge in [-0.1, -0.05) is 12.1 Å². The average molecular weight is 399 g/mol. The largest absolute Gasteiger partial charge is 0.469 e. The summed E-state index contributed by atoms with van der Waals surface area (Å²) in [6, 6.07) is 7.52. The molecule has 0 aliphatic heterocycles. The lowest BCUT2D eigenvalue weighted by atomic mass is 10.1. The molecule has 0 aromatic heterocycles. The predicted octanol–water partition coefficient (Wildman–Crippen LogP) is 2.62. The van der Waals surface area contributed by atoms with E-state index in [0.717, 1.165) is 24.1 Å². The molecule has 1 aromatic rings. The summed E-state index contributed by atoms with van der Waals surface area (Å²) in [7, 11) is -1.86. The topological polar surface area (TPSA) is 102 Å². The fourth-order valence-corrected chi connectivity index (χ4v) is 3.07. The lowest BCUT2D eigenvalue weighted by Gasteiger charge is -2.09. The first-order valence-electron chi connectivity index (χ1n) is 9.18. The molecule has 1 amide bonds. The van der Waals surface area contributed by atoms with Crippen molar-refractivity contribution in [2.75, 3.05) is 19.0 Å². The normalized spacial score (nSPS) is 11.4. The number of nitrogens with one attached hydrogen (secondary N) is 2. The molecule has 27 heavy (non-hydrogen) atoms. The minimum Gasteiger partial charge on any atom is -0.469 e. The lowest BCUT2D eigenvalue weighted by molar-refractivity contribution is -0.140. The molecular weight excluding hydrogens is 368 g/mol. The van der Waals surface area contributed by atoms with Gasteiger partial charge in [0, 0.05) is 25.1 Å². The number of sulfonamides is 1. The Balaban J connectivity index is 2.25. The van der Waals surface area contributed by atoms with Crippen molar-refractivity contribution >= 4 is 27.6 Å². The molecule has 0 saturated carbocycles. The fraction of sp³-hybridized carbons (Fsp3) is 0.579. The number of benzene rings is 1. The Morgan fingerprint density at radius 2 is 1.70 bits per heavy atom. The zero-order valence-electron chi connectivity index (χ0n) is 16.3. The Labute approximate surface area is 161 Å². The third kappa shape index (κ3) is 9.53. The third-order valence-corrected chi connectivity index (χ3v) is 5.91. The Morgan fingerprint density at radius 1 is 1.04 bits per heavy atom. The maximum absolute atomic E-state index is 11.9. The van der Waals surface area contributed by atoms with Crippen molar-refractivity contribution in [3.05, 3.63) is 29.8 Å². The van der Waals surface area contributed by atoms with Crippen LogP contribution in [0.15, 0.2) is 24.3 Å². The van der Waals surface area contributed by atoms with Crippen molar-refractivity contribution in [3.8, 4) is 0 Å². The zero-order valence-corrected chi connectivity index (χ0v) is 17.1. The SMILES string of the molecule is COC(=O)CCCc1ccc(NC(=O)CCCCNS(=O)(=O)C(C)C)cc1. The third-order valence-electron chi connectivity index (χ3n) is 4.07. The Bertz CT molecular complexity index is 699. The van der Waals surface area contributed by atoms with Crippen molar-refractivity contribution in [3.63, 3.8) is 0 Å². The first kappa shape index (κ1) is 23.1. The van der Waals surface area contributed by atoms with E-state index in [1.165, 1.54) is 7.11 Å². The van der Waals surface area contributed by atoms with Crippen LogP contribution in [0, 0.1) is 0 Å². The van der Waals surface area contributed by atoms with Crippen LogP contribution < -0.4 is 10.0 Å². The summed E-state index contributed by atoms with van der Waals surface area (Å²) in [4.78, 5) is 23.0. The number of methoxy groups -OCH3 is 1. The van der Waals surface area contributed by atoms with Gasteiger partial charge in [0.1, 0.15) is 0 Å². The van der Waals surface area contributed by atoms with Crippen LogP contribution in [0.5, 0.6) is 0 Å². The molecule has 0 heterocycles. The number of carbonyl (C=O) groups is 2. The summed E-state index contributed by atoms with van der Waals surface area (Å²) < 4.78 is 30.3. The average Bonchev–Trinajstić information content (AvgIpc) is 2.62. The molecule has 0 radical (unpaired) electrons. The number of carbonyl (C=O) groups excluding carboxylic acids is 2. The maximum atomic E-state index is 11.9. The Kier molecular flexibility index (Phi) is 10.0. The number of esters is 1. The number of amides is 1. The van der Waals surface area contributed by atoms with Gasteiger partial charge in [-0.2, -0.15) is 0 Å². The highest BCUT2D eigenvalue weighted by Crippen LogP contribution is 2.13. The van der Waals surface area contributed by atoms with Crippen molar-refractivity contribution in [2.45, 2.75) is 57.6 Å². The van der Waals surface area contributed by atoms with Crippen LogP contribution in [0.1, 0.15) is 51.5 Å². The molecule has 152 valence electrons. The molecular formula is C19H30N2O5S. The van der Waals surface area contributed by atoms with Gasteiger partial charge in [0.2, 0.25) is 15.9 Å². The van der Waals surface area contributed by atoms with E-state index in [-0.39, 0.29) is 11.9 Å². The molecule has 1 aromatic carbocycles. The second-order valence-corrected chi connectivity index (χ2v) is 8.94. The van der Waals surface area contributed by atoms with E-state index in [9.17, 15) is 18.0 Å². The predicted molar refractivity (Wildman–Crippen MR) is 106 cm³/mol. The second kappa shape index (κ2) is 11.7. The molecule has 0 aliphatic carbocycles. The number of ether oxygens (including phenoxy) is 1. The van der Waals surface area contributed by atoms with E-state index in [1.54, 1.807) is 13.8 Å². The van der Waals surface area contributed by atoms with Crippen molar-refractivity contribution in [1.82, 2.24) is 4.72 Å². The van der Waals surface area contributed by atoms with E-state index in [4.69, 9.17) is 0 Å². The first-order valence-corrected chi connectivity index (χ1v) is 10.7. The van der Waals surface area contributed by atoms with E-state index >= 15 is 0 Å². The number of hydrogen-bond acceptors (Lipinski definition) is 5. The van der Waals surface area contributed by atoms with Gasteiger partial charge in [-0.3, -0.25) is 9.59 Å². The van der Waals surface area contributed by atoms with E-state index in [2.05, 4.69) is 14.8 Å². The van der Waals surface area contributed by atoms with Crippen LogP contribution in [0.2, 0.25) is 0 Å². The molecule has 2 N–H and O–H groups in total. The summed E-state index contributed by atoms with van der Waals surface area (Å²) in [5.41, 5.74) is 1.81. The first-order chi connectivity index (χ1) is 12.7. The molecule has 0 saturated heterocycles. The molecule has 0 unspecified atom stereocenters. The van der Waals surface area contributed by atoms with Crippen LogP contribution >= 0.6 is 0 Å². The highest BCUT2D eigenvalue weighted by Gasteiger charge is 2.14. The summed E-state index contributed by atoms with van der Waals surface area (Å²) in [6.45, 7) is 3.59. The molecule has 1 rings (SSSR count). The van der Waals surface area contributed by atoms with Crippen LogP contribution in [0.3, 0.4) is 0 Å². The van der Waals surface area contributed by atoms with Gasteiger partial charge in [0.05, 0.1) is 12.4 Å². The van der Waals surface area contributed by atoms with Crippen molar-refractivity contribution in [2.24, 2.45) is 0 Å². The van der Waals surface area contributed by atoms with Gasteiger partial charge in [0.15, 0.2) is 0 Å². The van der Waals surface area contributed by atoms with E-state index < -0.39 is 15.3 Å². The molecule has 0 spiro atoms. The number of anilines is 1. The lowest BCUT2D eigenvalue weighted by Crippen LogP contribution is -2.31.